The number of ether oxygens (including phenoxy) is 2. The van der Waals surface area contributed by atoms with Crippen LogP contribution in [0.2, 0.25) is 0 Å². The number of fused-ring (bicyclic) bond motifs is 8. The maximum absolute atomic E-state index is 11.7. The van der Waals surface area contributed by atoms with E-state index < -0.39 is 0 Å². The summed E-state index contributed by atoms with van der Waals surface area (Å²) in [6.45, 7) is 7.59. The molecule has 0 radical (unpaired) electrons. The van der Waals surface area contributed by atoms with Crippen molar-refractivity contribution in [3.8, 4) is 0 Å². The van der Waals surface area contributed by atoms with Crippen molar-refractivity contribution >= 4 is 5.97 Å². The summed E-state index contributed by atoms with van der Waals surface area (Å²) in [5.74, 6) is 4.72. The summed E-state index contributed by atoms with van der Waals surface area (Å²) < 4.78 is 11.5. The van der Waals surface area contributed by atoms with Gasteiger partial charge in [-0.15, -0.1) is 0 Å². The number of hydrogen-bond acceptors (Lipinski definition) is 3. The molecule has 28 heavy (non-hydrogen) atoms. The second-order valence-corrected chi connectivity index (χ2v) is 11.5. The lowest BCUT2D eigenvalue weighted by atomic mass is 9.44. The van der Waals surface area contributed by atoms with Crippen molar-refractivity contribution in [3.05, 3.63) is 0 Å². The van der Waals surface area contributed by atoms with Crippen molar-refractivity contribution in [2.45, 2.75) is 97.2 Å². The summed E-state index contributed by atoms with van der Waals surface area (Å²) in [5, 5.41) is 0. The van der Waals surface area contributed by atoms with Gasteiger partial charge in [0.25, 0.3) is 0 Å². The zero-order valence-electron chi connectivity index (χ0n) is 18.4. The summed E-state index contributed by atoms with van der Waals surface area (Å²) >= 11 is 0. The highest BCUT2D eigenvalue weighted by atomic mass is 16.6. The van der Waals surface area contributed by atoms with Gasteiger partial charge in [-0.25, -0.2) is 0 Å². The summed E-state index contributed by atoms with van der Waals surface area (Å²) in [4.78, 5) is 11.7. The van der Waals surface area contributed by atoms with Crippen LogP contribution in [0, 0.1) is 46.3 Å². The second-order valence-electron chi connectivity index (χ2n) is 11.5. The molecule has 3 nitrogen and oxygen atoms in total. The molecule has 0 aromatic rings. The highest BCUT2D eigenvalue weighted by Crippen LogP contribution is 2.73. The molecular formula is C25H40O3. The molecule has 3 heteroatoms. The Morgan fingerprint density at radius 1 is 1.14 bits per heavy atom. The Kier molecular flexibility index (Phi) is 4.66. The molecule has 1 saturated heterocycles. The molecule has 0 aromatic carbocycles. The molecule has 1 heterocycles. The van der Waals surface area contributed by atoms with E-state index in [2.05, 4.69) is 20.8 Å². The van der Waals surface area contributed by atoms with Crippen LogP contribution in [0.3, 0.4) is 0 Å². The van der Waals surface area contributed by atoms with Crippen LogP contribution in [0.15, 0.2) is 0 Å². The van der Waals surface area contributed by atoms with E-state index in [1.165, 1.54) is 58.5 Å². The number of hydrogen-bond donors (Lipinski definition) is 0. The van der Waals surface area contributed by atoms with Gasteiger partial charge in [0.2, 0.25) is 0 Å². The lowest BCUT2D eigenvalue weighted by Gasteiger charge is -2.59. The van der Waals surface area contributed by atoms with E-state index in [4.69, 9.17) is 9.47 Å². The van der Waals surface area contributed by atoms with Crippen LogP contribution >= 0.6 is 0 Å². The van der Waals surface area contributed by atoms with Gasteiger partial charge >= 0.3 is 5.97 Å². The van der Waals surface area contributed by atoms with Gasteiger partial charge in [0, 0.05) is 11.8 Å². The van der Waals surface area contributed by atoms with E-state index in [1.54, 1.807) is 0 Å². The maximum Gasteiger partial charge on any atom is 0.305 e. The summed E-state index contributed by atoms with van der Waals surface area (Å²) in [5.41, 5.74) is 0.871. The van der Waals surface area contributed by atoms with Crippen molar-refractivity contribution in [1.82, 2.24) is 0 Å². The minimum absolute atomic E-state index is 0.0562. The number of esters is 1. The van der Waals surface area contributed by atoms with Crippen LogP contribution in [0.4, 0.5) is 0 Å². The highest BCUT2D eigenvalue weighted by Gasteiger charge is 2.73. The molecule has 5 fully saturated rings. The third kappa shape index (κ3) is 2.60. The topological polar surface area (TPSA) is 38.8 Å². The Balaban J connectivity index is 1.38. The average molecular weight is 389 g/mol. The van der Waals surface area contributed by atoms with Crippen LogP contribution in [0.1, 0.15) is 85.0 Å². The maximum atomic E-state index is 11.7. The molecule has 0 N–H and O–H groups in total. The quantitative estimate of drug-likeness (QED) is 0.464. The van der Waals surface area contributed by atoms with Crippen molar-refractivity contribution in [2.24, 2.45) is 46.3 Å². The molecule has 5 aliphatic rings. The minimum Gasteiger partial charge on any atom is -0.469 e. The van der Waals surface area contributed by atoms with Crippen molar-refractivity contribution in [2.75, 3.05) is 7.11 Å². The van der Waals surface area contributed by atoms with Gasteiger partial charge in [0.05, 0.1) is 19.3 Å². The predicted octanol–water partition coefficient (Wildman–Crippen LogP) is 5.61. The Morgan fingerprint density at radius 2 is 1.96 bits per heavy atom. The number of rotatable bonds is 4. The third-order valence-electron chi connectivity index (χ3n) is 10.6. The Morgan fingerprint density at radius 3 is 2.75 bits per heavy atom. The number of epoxide rings is 1. The van der Waals surface area contributed by atoms with Crippen LogP contribution < -0.4 is 0 Å². The normalized spacial score (nSPS) is 52.6. The fraction of sp³-hybridized carbons (Fsp3) is 0.960. The van der Waals surface area contributed by atoms with E-state index >= 15 is 0 Å². The number of carbonyl (C=O) groups excluding carboxylic acids is 1. The summed E-state index contributed by atoms with van der Waals surface area (Å²) in [7, 11) is 1.51. The monoisotopic (exact) mass is 388 g/mol. The molecule has 4 saturated carbocycles. The molecule has 0 spiro atoms. The van der Waals surface area contributed by atoms with Crippen LogP contribution in [-0.2, 0) is 14.3 Å². The van der Waals surface area contributed by atoms with Gasteiger partial charge in [0.1, 0.15) is 0 Å². The van der Waals surface area contributed by atoms with Crippen LogP contribution in [0.25, 0.3) is 0 Å². The van der Waals surface area contributed by atoms with Crippen molar-refractivity contribution < 1.29 is 14.3 Å². The zero-order chi connectivity index (χ0) is 19.7. The first-order chi connectivity index (χ1) is 13.4. The highest BCUT2D eigenvalue weighted by molar-refractivity contribution is 5.69. The predicted molar refractivity (Wildman–Crippen MR) is 110 cm³/mol. The van der Waals surface area contributed by atoms with Gasteiger partial charge < -0.3 is 9.47 Å². The minimum atomic E-state index is -0.0562. The molecule has 0 aromatic heterocycles. The Hall–Kier alpha value is -0.570. The zero-order valence-corrected chi connectivity index (χ0v) is 18.4. The van der Waals surface area contributed by atoms with Crippen LogP contribution in [-0.4, -0.2) is 25.3 Å². The van der Waals surface area contributed by atoms with E-state index in [-0.39, 0.29) is 5.97 Å². The van der Waals surface area contributed by atoms with E-state index in [0.717, 1.165) is 30.1 Å². The summed E-state index contributed by atoms with van der Waals surface area (Å²) in [6.07, 6.45) is 14.0. The largest absolute Gasteiger partial charge is 0.469 e. The van der Waals surface area contributed by atoms with Gasteiger partial charge in [-0.1, -0.05) is 33.6 Å². The fourth-order valence-corrected chi connectivity index (χ4v) is 9.27. The third-order valence-corrected chi connectivity index (χ3v) is 10.6. The van der Waals surface area contributed by atoms with Gasteiger partial charge in [-0.2, -0.15) is 0 Å². The SMILES string of the molecule is COC(=O)CCC(C)C1CCC2C3CCC4CCCCC4(C)C3C3OC3C12C. The first-order valence-corrected chi connectivity index (χ1v) is 12.1. The molecule has 0 bridgehead atoms. The molecule has 4 aliphatic carbocycles. The lowest BCUT2D eigenvalue weighted by molar-refractivity contribution is -0.141. The summed E-state index contributed by atoms with van der Waals surface area (Å²) in [6, 6.07) is 0. The molecule has 10 unspecified atom stereocenters. The van der Waals surface area contributed by atoms with Gasteiger partial charge in [0.15, 0.2) is 0 Å². The number of methoxy groups -OCH3 is 1. The standard InChI is InChI=1S/C25H40O3/c1-15(8-13-20(26)27-4)18-11-12-19-17-10-9-16-7-5-6-14-24(16,2)21(17)22-23(28-22)25(18,19)3/h15-19,21-23H,5-14H2,1-4H3. The molecule has 158 valence electrons. The van der Waals surface area contributed by atoms with E-state index in [9.17, 15) is 4.79 Å². The Bertz CT molecular complexity index is 631. The molecule has 1 aliphatic heterocycles. The number of carbonyl (C=O) groups is 1. The molecular weight excluding hydrogens is 348 g/mol. The Labute approximate surface area is 171 Å². The van der Waals surface area contributed by atoms with Gasteiger partial charge in [-0.05, 0) is 85.9 Å². The first-order valence-electron chi connectivity index (χ1n) is 12.1. The first kappa shape index (κ1) is 19.4. The van der Waals surface area contributed by atoms with Crippen molar-refractivity contribution in [1.29, 1.82) is 0 Å². The average Bonchev–Trinajstić information content (AvgIpc) is 3.41. The van der Waals surface area contributed by atoms with Crippen LogP contribution in [0.5, 0.6) is 0 Å². The van der Waals surface area contributed by atoms with E-state index in [0.29, 0.717) is 41.3 Å². The molecule has 0 amide bonds. The lowest BCUT2D eigenvalue weighted by Crippen LogP contribution is -2.56. The fourth-order valence-electron chi connectivity index (χ4n) is 9.27. The van der Waals surface area contributed by atoms with E-state index in [1.807, 2.05) is 0 Å². The van der Waals surface area contributed by atoms with Gasteiger partial charge in [-0.3, -0.25) is 4.79 Å². The second kappa shape index (κ2) is 6.72. The molecule has 5 rings (SSSR count). The smallest absolute Gasteiger partial charge is 0.305 e. The molecule has 10 atom stereocenters. The van der Waals surface area contributed by atoms with Crippen molar-refractivity contribution in [3.63, 3.8) is 0 Å².